The van der Waals surface area contributed by atoms with Crippen LogP contribution in [0.15, 0.2) is 28.9 Å². The summed E-state index contributed by atoms with van der Waals surface area (Å²) in [5.41, 5.74) is 2.93. The maximum atomic E-state index is 12.5. The molecule has 4 nitrogen and oxygen atoms in total. The fraction of sp³-hybridized carbons (Fsp3) is 0.500. The minimum Gasteiger partial charge on any atom is -0.469 e. The molecule has 0 saturated heterocycles. The van der Waals surface area contributed by atoms with E-state index >= 15 is 0 Å². The Morgan fingerprint density at radius 2 is 2.05 bits per heavy atom. The largest absolute Gasteiger partial charge is 0.469 e. The summed E-state index contributed by atoms with van der Waals surface area (Å²) in [6.07, 6.45) is 3.38. The van der Waals surface area contributed by atoms with Crippen LogP contribution in [0.2, 0.25) is 0 Å². The Balaban J connectivity index is 1.98. The van der Waals surface area contributed by atoms with Crippen molar-refractivity contribution in [3.63, 3.8) is 0 Å². The van der Waals surface area contributed by atoms with E-state index < -0.39 is 0 Å². The van der Waals surface area contributed by atoms with Crippen LogP contribution in [-0.4, -0.2) is 16.5 Å². The minimum atomic E-state index is 0.00643. The molecule has 0 radical (unpaired) electrons. The highest BCUT2D eigenvalue weighted by molar-refractivity contribution is 5.95. The Morgan fingerprint density at radius 3 is 2.59 bits per heavy atom. The third-order valence-electron chi connectivity index (χ3n) is 4.03. The molecule has 2 rings (SSSR count). The van der Waals surface area contributed by atoms with Crippen LogP contribution in [0.4, 0.5) is 0 Å². The summed E-state index contributed by atoms with van der Waals surface area (Å²) in [6.45, 7) is 10.4. The Morgan fingerprint density at radius 1 is 1.32 bits per heavy atom. The molecule has 1 N–H and O–H groups in total. The van der Waals surface area contributed by atoms with Crippen LogP contribution in [0.25, 0.3) is 0 Å². The van der Waals surface area contributed by atoms with Crippen LogP contribution >= 0.6 is 0 Å². The summed E-state index contributed by atoms with van der Waals surface area (Å²) in [4.78, 5) is 12.5. The minimum absolute atomic E-state index is 0.00643. The zero-order valence-electron chi connectivity index (χ0n) is 14.1. The molecule has 0 spiro atoms. The second kappa shape index (κ2) is 6.86. The van der Waals surface area contributed by atoms with Crippen molar-refractivity contribution in [2.45, 2.75) is 59.5 Å². The lowest BCUT2D eigenvalue weighted by Gasteiger charge is -2.15. The Kier molecular flexibility index (Phi) is 5.11. The van der Waals surface area contributed by atoms with Crippen molar-refractivity contribution < 1.29 is 9.21 Å². The number of rotatable bonds is 6. The molecule has 4 heteroatoms. The molecular weight excluding hydrogens is 276 g/mol. The predicted molar refractivity (Wildman–Crippen MR) is 88.2 cm³/mol. The molecule has 1 atom stereocenters. The molecule has 0 aliphatic carbocycles. The van der Waals surface area contributed by atoms with Crippen molar-refractivity contribution in [2.24, 2.45) is 0 Å². The molecule has 2 aromatic heterocycles. The smallest absolute Gasteiger partial charge is 0.253 e. The fourth-order valence-electron chi connectivity index (χ4n) is 2.99. The maximum absolute atomic E-state index is 12.5. The van der Waals surface area contributed by atoms with Gasteiger partial charge in [-0.25, -0.2) is 0 Å². The van der Waals surface area contributed by atoms with E-state index in [2.05, 4.69) is 23.7 Å². The number of carbonyl (C=O) groups is 1. The van der Waals surface area contributed by atoms with Crippen molar-refractivity contribution >= 4 is 5.91 Å². The summed E-state index contributed by atoms with van der Waals surface area (Å²) in [5, 5.41) is 3.08. The van der Waals surface area contributed by atoms with Gasteiger partial charge < -0.3 is 14.3 Å². The summed E-state index contributed by atoms with van der Waals surface area (Å²) in [7, 11) is 0. The lowest BCUT2D eigenvalue weighted by atomic mass is 10.1. The molecule has 0 saturated carbocycles. The van der Waals surface area contributed by atoms with E-state index in [4.69, 9.17) is 4.42 Å². The number of hydrogen-bond acceptors (Lipinski definition) is 2. The van der Waals surface area contributed by atoms with Crippen LogP contribution in [0.3, 0.4) is 0 Å². The molecule has 0 aliphatic heterocycles. The van der Waals surface area contributed by atoms with E-state index in [1.54, 1.807) is 6.26 Å². The SMILES string of the molecule is Cc1cc(C(=O)N[C@@H](C)CCc2ccco2)c(C)n1C(C)C. The number of carbonyl (C=O) groups excluding carboxylic acids is 1. The van der Waals surface area contributed by atoms with Gasteiger partial charge in [-0.05, 0) is 59.2 Å². The van der Waals surface area contributed by atoms with Crippen molar-refractivity contribution in [3.8, 4) is 0 Å². The summed E-state index contributed by atoms with van der Waals surface area (Å²) in [5.74, 6) is 0.964. The van der Waals surface area contributed by atoms with Gasteiger partial charge in [-0.3, -0.25) is 4.79 Å². The van der Waals surface area contributed by atoms with E-state index in [1.807, 2.05) is 39.0 Å². The lowest BCUT2D eigenvalue weighted by Crippen LogP contribution is -2.33. The zero-order valence-corrected chi connectivity index (χ0v) is 14.1. The maximum Gasteiger partial charge on any atom is 0.253 e. The summed E-state index contributed by atoms with van der Waals surface area (Å²) in [6, 6.07) is 6.30. The van der Waals surface area contributed by atoms with E-state index in [0.29, 0.717) is 6.04 Å². The molecule has 120 valence electrons. The number of hydrogen-bond donors (Lipinski definition) is 1. The van der Waals surface area contributed by atoms with Crippen molar-refractivity contribution in [3.05, 3.63) is 47.2 Å². The highest BCUT2D eigenvalue weighted by Crippen LogP contribution is 2.20. The number of nitrogens with zero attached hydrogens (tertiary/aromatic N) is 1. The second-order valence-corrected chi connectivity index (χ2v) is 6.24. The number of amides is 1. The average molecular weight is 302 g/mol. The van der Waals surface area contributed by atoms with Crippen LogP contribution in [-0.2, 0) is 6.42 Å². The molecule has 0 fully saturated rings. The standard InChI is InChI=1S/C18H26N2O2/c1-12(2)20-14(4)11-17(15(20)5)18(21)19-13(3)8-9-16-7-6-10-22-16/h6-7,10-13H,8-9H2,1-5H3,(H,19,21)/t13-/m0/s1. The average Bonchev–Trinajstić information content (AvgIpc) is 3.04. The van der Waals surface area contributed by atoms with Crippen LogP contribution in [0, 0.1) is 13.8 Å². The molecule has 0 aliphatic rings. The van der Waals surface area contributed by atoms with Gasteiger partial charge in [0.2, 0.25) is 0 Å². The van der Waals surface area contributed by atoms with Gasteiger partial charge in [0.15, 0.2) is 0 Å². The van der Waals surface area contributed by atoms with Gasteiger partial charge in [-0.2, -0.15) is 0 Å². The summed E-state index contributed by atoms with van der Waals surface area (Å²) >= 11 is 0. The van der Waals surface area contributed by atoms with Crippen molar-refractivity contribution in [2.75, 3.05) is 0 Å². The molecule has 0 unspecified atom stereocenters. The summed E-state index contributed by atoms with van der Waals surface area (Å²) < 4.78 is 7.52. The van der Waals surface area contributed by atoms with Gasteiger partial charge >= 0.3 is 0 Å². The van der Waals surface area contributed by atoms with Crippen molar-refractivity contribution in [1.82, 2.24) is 9.88 Å². The van der Waals surface area contributed by atoms with Gasteiger partial charge in [0.1, 0.15) is 5.76 Å². The topological polar surface area (TPSA) is 47.2 Å². The van der Waals surface area contributed by atoms with Gasteiger partial charge in [0, 0.05) is 29.9 Å². The molecule has 2 aromatic rings. The van der Waals surface area contributed by atoms with Crippen LogP contribution in [0.1, 0.15) is 60.7 Å². The number of aryl methyl sites for hydroxylation is 2. The lowest BCUT2D eigenvalue weighted by molar-refractivity contribution is 0.0937. The fourth-order valence-corrected chi connectivity index (χ4v) is 2.99. The highest BCUT2D eigenvalue weighted by atomic mass is 16.3. The Hall–Kier alpha value is -1.97. The molecule has 1 amide bonds. The third kappa shape index (κ3) is 3.62. The quantitative estimate of drug-likeness (QED) is 0.875. The highest BCUT2D eigenvalue weighted by Gasteiger charge is 2.18. The molecule has 2 heterocycles. The molecule has 0 aromatic carbocycles. The van der Waals surface area contributed by atoms with E-state index in [0.717, 1.165) is 35.6 Å². The van der Waals surface area contributed by atoms with Crippen LogP contribution in [0.5, 0.6) is 0 Å². The predicted octanol–water partition coefficient (Wildman–Crippen LogP) is 4.03. The van der Waals surface area contributed by atoms with Gasteiger partial charge in [0.25, 0.3) is 5.91 Å². The van der Waals surface area contributed by atoms with E-state index in [9.17, 15) is 4.79 Å². The third-order valence-corrected chi connectivity index (χ3v) is 4.03. The Bertz CT molecular complexity index is 624. The molecular formula is C18H26N2O2. The second-order valence-electron chi connectivity index (χ2n) is 6.24. The zero-order chi connectivity index (χ0) is 16.3. The van der Waals surface area contributed by atoms with Crippen LogP contribution < -0.4 is 5.32 Å². The number of aromatic nitrogens is 1. The van der Waals surface area contributed by atoms with Gasteiger partial charge in [-0.1, -0.05) is 0 Å². The van der Waals surface area contributed by atoms with Crippen molar-refractivity contribution in [1.29, 1.82) is 0 Å². The first kappa shape index (κ1) is 16.4. The molecule has 22 heavy (non-hydrogen) atoms. The number of nitrogens with one attached hydrogen (secondary N) is 1. The van der Waals surface area contributed by atoms with E-state index in [-0.39, 0.29) is 11.9 Å². The first-order valence-electron chi connectivity index (χ1n) is 7.91. The first-order chi connectivity index (χ1) is 10.4. The normalized spacial score (nSPS) is 12.6. The number of furan rings is 1. The first-order valence-corrected chi connectivity index (χ1v) is 7.91. The Labute approximate surface area is 132 Å². The van der Waals surface area contributed by atoms with E-state index in [1.165, 1.54) is 0 Å². The monoisotopic (exact) mass is 302 g/mol. The molecule has 0 bridgehead atoms. The van der Waals surface area contributed by atoms with Gasteiger partial charge in [0.05, 0.1) is 11.8 Å². The van der Waals surface area contributed by atoms with Gasteiger partial charge in [-0.15, -0.1) is 0 Å².